The summed E-state index contributed by atoms with van der Waals surface area (Å²) in [5.74, 6) is 0.819. The van der Waals surface area contributed by atoms with Crippen molar-refractivity contribution in [1.29, 1.82) is 5.26 Å². The van der Waals surface area contributed by atoms with E-state index in [0.717, 1.165) is 30.1 Å². The average molecular weight is 345 g/mol. The van der Waals surface area contributed by atoms with Crippen LogP contribution in [0.25, 0.3) is 0 Å². The summed E-state index contributed by atoms with van der Waals surface area (Å²) >= 11 is 0. The fourth-order valence-corrected chi connectivity index (χ4v) is 2.82. The highest BCUT2D eigenvalue weighted by molar-refractivity contribution is 5.62. The Labute approximate surface area is 152 Å². The predicted molar refractivity (Wildman–Crippen MR) is 103 cm³/mol. The minimum Gasteiger partial charge on any atom is -0.489 e. The molecule has 0 saturated heterocycles. The van der Waals surface area contributed by atoms with Gasteiger partial charge >= 0.3 is 0 Å². The topological polar surface area (TPSA) is 73.9 Å². The van der Waals surface area contributed by atoms with Gasteiger partial charge in [0.1, 0.15) is 24.8 Å². The first-order chi connectivity index (χ1) is 12.7. The lowest BCUT2D eigenvalue weighted by molar-refractivity contribution is 0.351. The molecule has 2 aromatic rings. The first-order valence-electron chi connectivity index (χ1n) is 8.18. The second-order valence-corrected chi connectivity index (χ2v) is 6.00. The largest absolute Gasteiger partial charge is 0.489 e. The SMILES string of the molecule is C=N/C=N\C=C(/C)COc1ccc2c(c1)CN(c1ccncc1C#N)C2. The third kappa shape index (κ3) is 3.95. The molecule has 26 heavy (non-hydrogen) atoms. The molecule has 3 rings (SSSR count). The van der Waals surface area contributed by atoms with Gasteiger partial charge in [-0.2, -0.15) is 5.26 Å². The molecule has 6 nitrogen and oxygen atoms in total. The van der Waals surface area contributed by atoms with Crippen LogP contribution in [0.5, 0.6) is 5.75 Å². The molecule has 0 bridgehead atoms. The van der Waals surface area contributed by atoms with Crippen LogP contribution < -0.4 is 9.64 Å². The van der Waals surface area contributed by atoms with Crippen molar-refractivity contribution in [3.63, 3.8) is 0 Å². The van der Waals surface area contributed by atoms with Gasteiger partial charge in [0.2, 0.25) is 0 Å². The molecule has 130 valence electrons. The first-order valence-corrected chi connectivity index (χ1v) is 8.18. The second-order valence-electron chi connectivity index (χ2n) is 6.00. The maximum absolute atomic E-state index is 9.28. The molecular formula is C20H19N5O. The number of hydrogen-bond donors (Lipinski definition) is 0. The molecule has 1 aliphatic rings. The molecule has 0 spiro atoms. The van der Waals surface area contributed by atoms with E-state index in [1.54, 1.807) is 18.6 Å². The quantitative estimate of drug-likeness (QED) is 0.593. The Hall–Kier alpha value is -3.46. The molecule has 0 amide bonds. The van der Waals surface area contributed by atoms with Crippen LogP contribution >= 0.6 is 0 Å². The summed E-state index contributed by atoms with van der Waals surface area (Å²) in [6.45, 7) is 7.26. The van der Waals surface area contributed by atoms with Crippen LogP contribution in [0.15, 0.2) is 58.4 Å². The number of nitriles is 1. The molecule has 1 aliphatic heterocycles. The molecule has 1 aromatic heterocycles. The molecular weight excluding hydrogens is 326 g/mol. The van der Waals surface area contributed by atoms with Crippen molar-refractivity contribution in [3.8, 4) is 11.8 Å². The standard InChI is InChI=1S/C20H19N5O/c1-15(9-24-14-22-2)13-26-19-4-3-16-11-25(12-17(16)7-19)20-5-6-23-10-18(20)8-21/h3-7,9-10,14H,2,11-13H2,1H3/b15-9+,24-14-. The van der Waals surface area contributed by atoms with Crippen LogP contribution in [0.1, 0.15) is 23.6 Å². The molecule has 0 radical (unpaired) electrons. The Morgan fingerprint density at radius 2 is 2.23 bits per heavy atom. The summed E-state index contributed by atoms with van der Waals surface area (Å²) in [7, 11) is 0. The van der Waals surface area contributed by atoms with Crippen LogP contribution in [0.4, 0.5) is 5.69 Å². The minimum absolute atomic E-state index is 0.458. The minimum atomic E-state index is 0.458. The Morgan fingerprint density at radius 3 is 3.04 bits per heavy atom. The number of fused-ring (bicyclic) bond motifs is 1. The average Bonchev–Trinajstić information content (AvgIpc) is 3.09. The summed E-state index contributed by atoms with van der Waals surface area (Å²) < 4.78 is 5.84. The van der Waals surface area contributed by atoms with E-state index >= 15 is 0 Å². The van der Waals surface area contributed by atoms with Gasteiger partial charge in [-0.25, -0.2) is 4.99 Å². The third-order valence-corrected chi connectivity index (χ3v) is 4.07. The monoisotopic (exact) mass is 345 g/mol. The molecule has 0 saturated carbocycles. The molecule has 0 unspecified atom stereocenters. The van der Waals surface area contributed by atoms with Gasteiger partial charge in [-0.15, -0.1) is 0 Å². The summed E-state index contributed by atoms with van der Waals surface area (Å²) in [6, 6.07) is 10.2. The number of hydrogen-bond acceptors (Lipinski definition) is 5. The second kappa shape index (κ2) is 8.08. The van der Waals surface area contributed by atoms with Gasteiger partial charge in [0.25, 0.3) is 0 Å². The zero-order chi connectivity index (χ0) is 18.4. The highest BCUT2D eigenvalue weighted by Crippen LogP contribution is 2.32. The zero-order valence-electron chi connectivity index (χ0n) is 14.6. The van der Waals surface area contributed by atoms with Gasteiger partial charge in [0.05, 0.1) is 11.3 Å². The predicted octanol–water partition coefficient (Wildman–Crippen LogP) is 3.48. The first kappa shape index (κ1) is 17.4. The fourth-order valence-electron chi connectivity index (χ4n) is 2.82. The molecule has 0 N–H and O–H groups in total. The van der Waals surface area contributed by atoms with Gasteiger partial charge in [0.15, 0.2) is 0 Å². The number of rotatable bonds is 6. The lowest BCUT2D eigenvalue weighted by Gasteiger charge is -2.18. The molecule has 0 aliphatic carbocycles. The van der Waals surface area contributed by atoms with Crippen LogP contribution in [0.3, 0.4) is 0 Å². The molecule has 1 aromatic carbocycles. The zero-order valence-corrected chi connectivity index (χ0v) is 14.6. The maximum atomic E-state index is 9.28. The number of pyridine rings is 1. The van der Waals surface area contributed by atoms with Gasteiger partial charge in [-0.05, 0) is 48.5 Å². The van der Waals surface area contributed by atoms with Crippen molar-refractivity contribution < 1.29 is 4.74 Å². The van der Waals surface area contributed by atoms with Crippen LogP contribution in [0, 0.1) is 11.3 Å². The lowest BCUT2D eigenvalue weighted by Crippen LogP contribution is -2.15. The van der Waals surface area contributed by atoms with Crippen molar-refractivity contribution in [2.45, 2.75) is 20.0 Å². The van der Waals surface area contributed by atoms with E-state index in [4.69, 9.17) is 4.74 Å². The Morgan fingerprint density at radius 1 is 1.38 bits per heavy atom. The van der Waals surface area contributed by atoms with E-state index in [1.807, 2.05) is 19.1 Å². The number of nitrogens with zero attached hydrogens (tertiary/aromatic N) is 5. The molecule has 0 atom stereocenters. The Bertz CT molecular complexity index is 911. The normalized spacial score (nSPS) is 13.5. The van der Waals surface area contributed by atoms with E-state index in [2.05, 4.69) is 44.8 Å². The van der Waals surface area contributed by atoms with E-state index in [-0.39, 0.29) is 0 Å². The van der Waals surface area contributed by atoms with Gasteiger partial charge in [-0.3, -0.25) is 9.98 Å². The van der Waals surface area contributed by atoms with E-state index < -0.39 is 0 Å². The van der Waals surface area contributed by atoms with Gasteiger partial charge in [-0.1, -0.05) is 6.07 Å². The summed E-state index contributed by atoms with van der Waals surface area (Å²) in [4.78, 5) is 13.7. The molecule has 0 fully saturated rings. The summed E-state index contributed by atoms with van der Waals surface area (Å²) in [5.41, 5.74) is 4.94. The number of aliphatic imine (C=N–C) groups is 2. The number of benzene rings is 1. The van der Waals surface area contributed by atoms with Crippen LogP contribution in [-0.4, -0.2) is 24.6 Å². The lowest BCUT2D eigenvalue weighted by atomic mass is 10.1. The highest BCUT2D eigenvalue weighted by atomic mass is 16.5. The maximum Gasteiger partial charge on any atom is 0.120 e. The van der Waals surface area contributed by atoms with Gasteiger partial charge < -0.3 is 9.64 Å². The molecule has 6 heteroatoms. The third-order valence-electron chi connectivity index (χ3n) is 4.07. The summed E-state index contributed by atoms with van der Waals surface area (Å²) in [6.07, 6.45) is 6.41. The Kier molecular flexibility index (Phi) is 5.40. The van der Waals surface area contributed by atoms with Crippen molar-refractivity contribution in [2.75, 3.05) is 11.5 Å². The summed E-state index contributed by atoms with van der Waals surface area (Å²) in [5, 5.41) is 9.28. The van der Waals surface area contributed by atoms with E-state index in [9.17, 15) is 5.26 Å². The fraction of sp³-hybridized carbons (Fsp3) is 0.200. The smallest absolute Gasteiger partial charge is 0.120 e. The van der Waals surface area contributed by atoms with E-state index in [1.165, 1.54) is 17.5 Å². The van der Waals surface area contributed by atoms with Crippen LogP contribution in [0.2, 0.25) is 0 Å². The number of aromatic nitrogens is 1. The Balaban J connectivity index is 1.69. The van der Waals surface area contributed by atoms with Crippen molar-refractivity contribution >= 4 is 18.7 Å². The van der Waals surface area contributed by atoms with Gasteiger partial charge in [0, 0.05) is 31.7 Å². The van der Waals surface area contributed by atoms with Crippen LogP contribution in [-0.2, 0) is 13.1 Å². The van der Waals surface area contributed by atoms with E-state index in [0.29, 0.717) is 12.2 Å². The van der Waals surface area contributed by atoms with Crippen molar-refractivity contribution in [2.24, 2.45) is 9.98 Å². The highest BCUT2D eigenvalue weighted by Gasteiger charge is 2.21. The molecule has 2 heterocycles. The van der Waals surface area contributed by atoms with Crippen molar-refractivity contribution in [1.82, 2.24) is 4.98 Å². The van der Waals surface area contributed by atoms with Crippen molar-refractivity contribution in [3.05, 3.63) is 65.1 Å². The number of anilines is 1. The number of ether oxygens (including phenoxy) is 1.